The molecule has 1 unspecified atom stereocenters. The maximum atomic E-state index is 11.8. The van der Waals surface area contributed by atoms with Crippen LogP contribution < -0.4 is 9.62 Å². The van der Waals surface area contributed by atoms with E-state index in [1.165, 1.54) is 7.05 Å². The van der Waals surface area contributed by atoms with Gasteiger partial charge in [0.2, 0.25) is 10.0 Å². The Morgan fingerprint density at radius 1 is 1.43 bits per heavy atom. The predicted octanol–water partition coefficient (Wildman–Crippen LogP) is 0.483. The van der Waals surface area contributed by atoms with E-state index < -0.39 is 10.0 Å². The van der Waals surface area contributed by atoms with Gasteiger partial charge in [-0.25, -0.2) is 13.1 Å². The molecule has 1 N–H and O–H groups in total. The molecule has 1 aliphatic heterocycles. The van der Waals surface area contributed by atoms with Gasteiger partial charge in [0, 0.05) is 12.6 Å². The van der Waals surface area contributed by atoms with Crippen molar-refractivity contribution in [2.24, 2.45) is 0 Å². The van der Waals surface area contributed by atoms with Crippen molar-refractivity contribution in [3.8, 4) is 6.07 Å². The van der Waals surface area contributed by atoms with Crippen molar-refractivity contribution < 1.29 is 8.42 Å². The summed E-state index contributed by atoms with van der Waals surface area (Å²) in [6.45, 7) is 4.33. The van der Waals surface area contributed by atoms with E-state index >= 15 is 0 Å². The third kappa shape index (κ3) is 3.14. The molecule has 1 aromatic rings. The van der Waals surface area contributed by atoms with Crippen molar-refractivity contribution in [2.75, 3.05) is 24.2 Å². The van der Waals surface area contributed by atoms with Crippen molar-refractivity contribution in [2.45, 2.75) is 32.7 Å². The Bertz CT molecular complexity index is 681. The van der Waals surface area contributed by atoms with Gasteiger partial charge in [0.15, 0.2) is 5.82 Å². The summed E-state index contributed by atoms with van der Waals surface area (Å²) in [5.74, 6) is 0.498. The molecule has 1 fully saturated rings. The summed E-state index contributed by atoms with van der Waals surface area (Å²) in [7, 11) is -1.90. The summed E-state index contributed by atoms with van der Waals surface area (Å²) >= 11 is 0. The summed E-state index contributed by atoms with van der Waals surface area (Å²) in [5, 5.41) is 17.6. The summed E-state index contributed by atoms with van der Waals surface area (Å²) in [4.78, 5) is 1.90. The molecule has 0 saturated carbocycles. The SMILES string of the molecule is CNS(=O)(=O)CC1CCCN1c1nnc(C)c(C)c1C#N. The average Bonchev–Trinajstić information content (AvgIpc) is 2.89. The van der Waals surface area contributed by atoms with Crippen LogP contribution in [0, 0.1) is 25.2 Å². The largest absolute Gasteiger partial charge is 0.350 e. The summed E-state index contributed by atoms with van der Waals surface area (Å²) in [5.41, 5.74) is 2.00. The Labute approximate surface area is 125 Å². The van der Waals surface area contributed by atoms with E-state index in [0.717, 1.165) is 18.4 Å². The maximum absolute atomic E-state index is 11.8. The number of anilines is 1. The third-order valence-corrected chi connectivity index (χ3v) is 5.37. The highest BCUT2D eigenvalue weighted by Crippen LogP contribution is 2.28. The third-order valence-electron chi connectivity index (χ3n) is 3.92. The minimum atomic E-state index is -3.30. The standard InChI is InChI=1S/C13H19N5O2S/c1-9-10(2)16-17-13(12(9)7-14)18-6-4-5-11(18)8-21(19,20)15-3/h11,15H,4-6,8H2,1-3H3. The molecule has 0 amide bonds. The fourth-order valence-corrected chi connectivity index (χ4v) is 3.58. The highest BCUT2D eigenvalue weighted by atomic mass is 32.2. The number of nitrogens with one attached hydrogen (secondary N) is 1. The minimum Gasteiger partial charge on any atom is -0.350 e. The monoisotopic (exact) mass is 309 g/mol. The van der Waals surface area contributed by atoms with E-state index in [-0.39, 0.29) is 11.8 Å². The molecule has 21 heavy (non-hydrogen) atoms. The van der Waals surface area contributed by atoms with Crippen LogP contribution in [0.15, 0.2) is 0 Å². The molecule has 0 aromatic carbocycles. The molecule has 0 aliphatic carbocycles. The molecule has 1 atom stereocenters. The highest BCUT2D eigenvalue weighted by Gasteiger charge is 2.32. The number of aromatic nitrogens is 2. The molecule has 8 heteroatoms. The van der Waals surface area contributed by atoms with Crippen LogP contribution in [-0.4, -0.2) is 44.0 Å². The smallest absolute Gasteiger partial charge is 0.213 e. The van der Waals surface area contributed by atoms with E-state index in [9.17, 15) is 13.7 Å². The first-order valence-corrected chi connectivity index (χ1v) is 8.46. The maximum Gasteiger partial charge on any atom is 0.213 e. The molecule has 0 radical (unpaired) electrons. The molecule has 114 valence electrons. The first-order valence-electron chi connectivity index (χ1n) is 6.81. The Kier molecular flexibility index (Phi) is 4.44. The molecule has 1 aromatic heterocycles. The number of rotatable bonds is 4. The predicted molar refractivity (Wildman–Crippen MR) is 79.4 cm³/mol. The Morgan fingerprint density at radius 3 is 2.76 bits per heavy atom. The molecular weight excluding hydrogens is 290 g/mol. The zero-order valence-corrected chi connectivity index (χ0v) is 13.2. The van der Waals surface area contributed by atoms with E-state index in [4.69, 9.17) is 0 Å². The van der Waals surface area contributed by atoms with E-state index in [1.54, 1.807) is 6.92 Å². The molecule has 2 heterocycles. The van der Waals surface area contributed by atoms with Gasteiger partial charge in [-0.3, -0.25) is 0 Å². The molecule has 7 nitrogen and oxygen atoms in total. The lowest BCUT2D eigenvalue weighted by atomic mass is 10.1. The van der Waals surface area contributed by atoms with Crippen LogP contribution in [0.3, 0.4) is 0 Å². The Morgan fingerprint density at radius 2 is 2.14 bits per heavy atom. The second kappa shape index (κ2) is 5.95. The quantitative estimate of drug-likeness (QED) is 0.868. The zero-order chi connectivity index (χ0) is 15.6. The van der Waals surface area contributed by atoms with Gasteiger partial charge in [-0.1, -0.05) is 0 Å². The van der Waals surface area contributed by atoms with Gasteiger partial charge in [0.05, 0.1) is 11.4 Å². The summed E-state index contributed by atoms with van der Waals surface area (Å²) in [6.07, 6.45) is 1.64. The minimum absolute atomic E-state index is 0.00295. The van der Waals surface area contributed by atoms with Crippen LogP contribution in [-0.2, 0) is 10.0 Å². The van der Waals surface area contributed by atoms with Crippen LogP contribution in [0.2, 0.25) is 0 Å². The van der Waals surface area contributed by atoms with E-state index in [1.807, 2.05) is 11.8 Å². The van der Waals surface area contributed by atoms with Gasteiger partial charge in [-0.05, 0) is 39.3 Å². The topological polar surface area (TPSA) is 99.0 Å². The second-order valence-electron chi connectivity index (χ2n) is 5.20. The number of nitrogens with zero attached hydrogens (tertiary/aromatic N) is 4. The summed E-state index contributed by atoms with van der Waals surface area (Å²) in [6, 6.07) is 1.99. The fourth-order valence-electron chi connectivity index (χ4n) is 2.56. The Hall–Kier alpha value is -1.72. The van der Waals surface area contributed by atoms with Gasteiger partial charge in [-0.15, -0.1) is 5.10 Å². The molecule has 0 spiro atoms. The molecular formula is C13H19N5O2S. The number of hydrogen-bond acceptors (Lipinski definition) is 6. The van der Waals surface area contributed by atoms with Gasteiger partial charge in [-0.2, -0.15) is 10.4 Å². The van der Waals surface area contributed by atoms with Crippen molar-refractivity contribution in [3.05, 3.63) is 16.8 Å². The van der Waals surface area contributed by atoms with Gasteiger partial charge < -0.3 is 4.90 Å². The van der Waals surface area contributed by atoms with Gasteiger partial charge >= 0.3 is 0 Å². The number of sulfonamides is 1. The van der Waals surface area contributed by atoms with Crippen LogP contribution in [0.4, 0.5) is 5.82 Å². The van der Waals surface area contributed by atoms with E-state index in [2.05, 4.69) is 21.0 Å². The second-order valence-corrected chi connectivity index (χ2v) is 7.17. The summed E-state index contributed by atoms with van der Waals surface area (Å²) < 4.78 is 25.9. The van der Waals surface area contributed by atoms with Crippen molar-refractivity contribution >= 4 is 15.8 Å². The lowest BCUT2D eigenvalue weighted by molar-refractivity contribution is 0.577. The first kappa shape index (κ1) is 15.7. The molecule has 1 aliphatic rings. The zero-order valence-electron chi connectivity index (χ0n) is 12.4. The van der Waals surface area contributed by atoms with Gasteiger partial charge in [0.25, 0.3) is 0 Å². The lowest BCUT2D eigenvalue weighted by Crippen LogP contribution is -2.39. The van der Waals surface area contributed by atoms with Crippen molar-refractivity contribution in [1.29, 1.82) is 5.26 Å². The van der Waals surface area contributed by atoms with E-state index in [0.29, 0.717) is 23.6 Å². The fraction of sp³-hybridized carbons (Fsp3) is 0.615. The number of nitriles is 1. The van der Waals surface area contributed by atoms with Crippen molar-refractivity contribution in [1.82, 2.24) is 14.9 Å². The Balaban J connectivity index is 2.38. The van der Waals surface area contributed by atoms with Crippen LogP contribution >= 0.6 is 0 Å². The van der Waals surface area contributed by atoms with Crippen LogP contribution in [0.1, 0.15) is 29.7 Å². The highest BCUT2D eigenvalue weighted by molar-refractivity contribution is 7.89. The molecule has 1 saturated heterocycles. The molecule has 0 bridgehead atoms. The number of aryl methyl sites for hydroxylation is 1. The average molecular weight is 309 g/mol. The van der Waals surface area contributed by atoms with Crippen LogP contribution in [0.5, 0.6) is 0 Å². The van der Waals surface area contributed by atoms with Crippen molar-refractivity contribution in [3.63, 3.8) is 0 Å². The number of hydrogen-bond donors (Lipinski definition) is 1. The normalized spacial score (nSPS) is 18.8. The molecule has 2 rings (SSSR count). The lowest BCUT2D eigenvalue weighted by Gasteiger charge is -2.26. The first-order chi connectivity index (χ1) is 9.89. The van der Waals surface area contributed by atoms with Crippen LogP contribution in [0.25, 0.3) is 0 Å². The van der Waals surface area contributed by atoms with Gasteiger partial charge in [0.1, 0.15) is 11.6 Å².